The van der Waals surface area contributed by atoms with Gasteiger partial charge in [0.05, 0.1) is 5.69 Å². The molecule has 0 amide bonds. The Balaban J connectivity index is 2.04. The van der Waals surface area contributed by atoms with E-state index in [9.17, 15) is 8.42 Å². The molecule has 21 heavy (non-hydrogen) atoms. The van der Waals surface area contributed by atoms with Gasteiger partial charge in [-0.05, 0) is 19.1 Å². The van der Waals surface area contributed by atoms with Crippen LogP contribution in [-0.2, 0) is 16.6 Å². The van der Waals surface area contributed by atoms with Crippen molar-refractivity contribution in [2.45, 2.75) is 13.3 Å². The first-order valence-corrected chi connectivity index (χ1v) is 8.03. The van der Waals surface area contributed by atoms with E-state index < -0.39 is 10.2 Å². The van der Waals surface area contributed by atoms with Crippen molar-refractivity contribution >= 4 is 10.2 Å². The second kappa shape index (κ2) is 6.38. The minimum Gasteiger partial charge on any atom is -0.441 e. The van der Waals surface area contributed by atoms with Crippen LogP contribution in [0, 0.1) is 6.92 Å². The van der Waals surface area contributed by atoms with Crippen molar-refractivity contribution in [3.8, 4) is 11.5 Å². The van der Waals surface area contributed by atoms with Gasteiger partial charge in [-0.1, -0.05) is 18.2 Å². The van der Waals surface area contributed by atoms with Gasteiger partial charge in [0, 0.05) is 32.6 Å². The SMILES string of the molecule is Cc1oc(-c2ccccc2)nc1CCNS(=O)(=O)N(C)C. The third-order valence-corrected chi connectivity index (χ3v) is 4.57. The van der Waals surface area contributed by atoms with Crippen molar-refractivity contribution in [2.75, 3.05) is 20.6 Å². The van der Waals surface area contributed by atoms with Crippen molar-refractivity contribution in [3.63, 3.8) is 0 Å². The van der Waals surface area contributed by atoms with Crippen LogP contribution in [0.2, 0.25) is 0 Å². The summed E-state index contributed by atoms with van der Waals surface area (Å²) in [6.45, 7) is 2.11. The maximum absolute atomic E-state index is 11.6. The number of hydrogen-bond donors (Lipinski definition) is 1. The van der Waals surface area contributed by atoms with Crippen LogP contribution in [0.4, 0.5) is 0 Å². The molecule has 114 valence electrons. The summed E-state index contributed by atoms with van der Waals surface area (Å²) in [4.78, 5) is 4.43. The predicted molar refractivity (Wildman–Crippen MR) is 81.0 cm³/mol. The van der Waals surface area contributed by atoms with Crippen LogP contribution in [-0.4, -0.2) is 38.3 Å². The van der Waals surface area contributed by atoms with E-state index in [-0.39, 0.29) is 6.54 Å². The van der Waals surface area contributed by atoms with E-state index in [1.165, 1.54) is 14.1 Å². The van der Waals surface area contributed by atoms with E-state index >= 15 is 0 Å². The Morgan fingerprint density at radius 1 is 1.24 bits per heavy atom. The highest BCUT2D eigenvalue weighted by atomic mass is 32.2. The lowest BCUT2D eigenvalue weighted by Gasteiger charge is -2.11. The number of benzene rings is 1. The Morgan fingerprint density at radius 3 is 2.52 bits per heavy atom. The summed E-state index contributed by atoms with van der Waals surface area (Å²) >= 11 is 0. The zero-order chi connectivity index (χ0) is 15.5. The lowest BCUT2D eigenvalue weighted by molar-refractivity contribution is 0.505. The highest BCUT2D eigenvalue weighted by molar-refractivity contribution is 7.87. The molecule has 0 radical (unpaired) electrons. The van der Waals surface area contributed by atoms with E-state index in [1.807, 2.05) is 37.3 Å². The number of aromatic nitrogens is 1. The van der Waals surface area contributed by atoms with Crippen molar-refractivity contribution in [1.82, 2.24) is 14.0 Å². The number of hydrogen-bond acceptors (Lipinski definition) is 4. The Morgan fingerprint density at radius 2 is 1.90 bits per heavy atom. The topological polar surface area (TPSA) is 75.4 Å². The minimum absolute atomic E-state index is 0.280. The average molecular weight is 309 g/mol. The van der Waals surface area contributed by atoms with Gasteiger partial charge in [-0.15, -0.1) is 0 Å². The molecule has 0 unspecified atom stereocenters. The molecule has 0 aliphatic carbocycles. The smallest absolute Gasteiger partial charge is 0.278 e. The number of oxazole rings is 1. The summed E-state index contributed by atoms with van der Waals surface area (Å²) in [5.41, 5.74) is 1.66. The Kier molecular flexibility index (Phi) is 4.76. The fourth-order valence-corrected chi connectivity index (χ4v) is 2.41. The van der Waals surface area contributed by atoms with Crippen molar-refractivity contribution in [2.24, 2.45) is 0 Å². The molecule has 1 heterocycles. The maximum Gasteiger partial charge on any atom is 0.278 e. The lowest BCUT2D eigenvalue weighted by Crippen LogP contribution is -2.36. The normalized spacial score (nSPS) is 12.0. The first-order valence-electron chi connectivity index (χ1n) is 6.59. The fraction of sp³-hybridized carbons (Fsp3) is 0.357. The predicted octanol–water partition coefficient (Wildman–Crippen LogP) is 1.59. The second-order valence-corrected chi connectivity index (χ2v) is 6.79. The van der Waals surface area contributed by atoms with Gasteiger partial charge >= 0.3 is 0 Å². The Hall–Kier alpha value is -1.70. The average Bonchev–Trinajstić information content (AvgIpc) is 2.81. The van der Waals surface area contributed by atoms with Gasteiger partial charge in [0.2, 0.25) is 5.89 Å². The first kappa shape index (κ1) is 15.7. The summed E-state index contributed by atoms with van der Waals surface area (Å²) in [6.07, 6.45) is 0.481. The van der Waals surface area contributed by atoms with Crippen LogP contribution in [0.1, 0.15) is 11.5 Å². The Labute approximate surface area is 125 Å². The van der Waals surface area contributed by atoms with Crippen LogP contribution in [0.3, 0.4) is 0 Å². The molecule has 2 rings (SSSR count). The van der Waals surface area contributed by atoms with Crippen LogP contribution < -0.4 is 4.72 Å². The third-order valence-electron chi connectivity index (χ3n) is 3.04. The van der Waals surface area contributed by atoms with Crippen molar-refractivity contribution in [3.05, 3.63) is 41.8 Å². The minimum atomic E-state index is -3.40. The molecule has 2 aromatic rings. The molecule has 7 heteroatoms. The van der Waals surface area contributed by atoms with E-state index in [0.717, 1.165) is 15.6 Å². The van der Waals surface area contributed by atoms with Gasteiger partial charge in [-0.2, -0.15) is 12.7 Å². The number of aryl methyl sites for hydroxylation is 1. The molecule has 0 bridgehead atoms. The highest BCUT2D eigenvalue weighted by Gasteiger charge is 2.14. The summed E-state index contributed by atoms with van der Waals surface area (Å²) in [7, 11) is -0.435. The van der Waals surface area contributed by atoms with Crippen LogP contribution in [0.15, 0.2) is 34.7 Å². The molecule has 1 aromatic heterocycles. The van der Waals surface area contributed by atoms with Crippen LogP contribution in [0.25, 0.3) is 11.5 Å². The van der Waals surface area contributed by atoms with E-state index in [0.29, 0.717) is 18.1 Å². The molecule has 6 nitrogen and oxygen atoms in total. The quantitative estimate of drug-likeness (QED) is 0.879. The summed E-state index contributed by atoms with van der Waals surface area (Å²) in [6, 6.07) is 9.60. The van der Waals surface area contributed by atoms with Gasteiger partial charge in [-0.3, -0.25) is 0 Å². The molecule has 1 N–H and O–H groups in total. The summed E-state index contributed by atoms with van der Waals surface area (Å²) in [5.74, 6) is 1.26. The molecule has 0 spiro atoms. The molecular formula is C14H19N3O3S. The standard InChI is InChI=1S/C14H19N3O3S/c1-11-13(9-10-15-21(18,19)17(2)3)16-14(20-11)12-7-5-4-6-8-12/h4-8,15H,9-10H2,1-3H3. The van der Waals surface area contributed by atoms with Gasteiger partial charge in [0.1, 0.15) is 5.76 Å². The van der Waals surface area contributed by atoms with Crippen molar-refractivity contribution in [1.29, 1.82) is 0 Å². The van der Waals surface area contributed by atoms with Gasteiger partial charge < -0.3 is 4.42 Å². The third kappa shape index (κ3) is 3.90. The van der Waals surface area contributed by atoms with E-state index in [4.69, 9.17) is 4.42 Å². The monoisotopic (exact) mass is 309 g/mol. The van der Waals surface area contributed by atoms with Gasteiger partial charge in [-0.25, -0.2) is 9.71 Å². The molecule has 1 aromatic carbocycles. The summed E-state index contributed by atoms with van der Waals surface area (Å²) < 4.78 is 32.5. The van der Waals surface area contributed by atoms with Crippen LogP contribution in [0.5, 0.6) is 0 Å². The van der Waals surface area contributed by atoms with E-state index in [2.05, 4.69) is 9.71 Å². The lowest BCUT2D eigenvalue weighted by atomic mass is 10.2. The Bertz CT molecular complexity index is 694. The van der Waals surface area contributed by atoms with Gasteiger partial charge in [0.25, 0.3) is 10.2 Å². The second-order valence-electron chi connectivity index (χ2n) is 4.82. The summed E-state index contributed by atoms with van der Waals surface area (Å²) in [5, 5.41) is 0. The molecule has 0 atom stereocenters. The highest BCUT2D eigenvalue weighted by Crippen LogP contribution is 2.21. The molecule has 0 aliphatic heterocycles. The van der Waals surface area contributed by atoms with Crippen molar-refractivity contribution < 1.29 is 12.8 Å². The molecule has 0 saturated heterocycles. The number of rotatable bonds is 6. The molecule has 0 saturated carbocycles. The molecule has 0 aliphatic rings. The number of nitrogens with one attached hydrogen (secondary N) is 1. The fourth-order valence-electron chi connectivity index (χ4n) is 1.79. The zero-order valence-corrected chi connectivity index (χ0v) is 13.1. The zero-order valence-electron chi connectivity index (χ0n) is 12.3. The van der Waals surface area contributed by atoms with E-state index in [1.54, 1.807) is 0 Å². The number of nitrogens with zero attached hydrogens (tertiary/aromatic N) is 2. The molecule has 0 fully saturated rings. The first-order chi connectivity index (χ1) is 9.90. The molecular weight excluding hydrogens is 290 g/mol. The van der Waals surface area contributed by atoms with Gasteiger partial charge in [0.15, 0.2) is 0 Å². The maximum atomic E-state index is 11.6. The van der Waals surface area contributed by atoms with Crippen LogP contribution >= 0.6 is 0 Å². The largest absolute Gasteiger partial charge is 0.441 e.